The molecule has 0 aromatic carbocycles. The van der Waals surface area contributed by atoms with E-state index in [1.807, 2.05) is 0 Å². The van der Waals surface area contributed by atoms with Crippen molar-refractivity contribution in [3.05, 3.63) is 11.8 Å². The Hall–Kier alpha value is -2.78. The van der Waals surface area contributed by atoms with Gasteiger partial charge >= 0.3 is 24.0 Å². The summed E-state index contributed by atoms with van der Waals surface area (Å²) in [5.41, 5.74) is -1.20. The maximum atomic E-state index is 11.7. The smallest absolute Gasteiger partial charge is 0.408 e. The molecule has 0 aromatic rings. The van der Waals surface area contributed by atoms with Crippen LogP contribution in [0.15, 0.2) is 11.8 Å². The topological polar surface area (TPSA) is 140 Å². The number of hydrogen-bond donors (Lipinski definition) is 3. The molecule has 1 atom stereocenters. The van der Waals surface area contributed by atoms with Crippen LogP contribution in [0.2, 0.25) is 0 Å². The molecule has 1 aliphatic heterocycles. The van der Waals surface area contributed by atoms with Gasteiger partial charge in [0.05, 0.1) is 0 Å². The Morgan fingerprint density at radius 3 is 2.20 bits per heavy atom. The largest absolute Gasteiger partial charge is 0.480 e. The fraction of sp³-hybridized carbons (Fsp3) is 0.600. The highest BCUT2D eigenvalue weighted by atomic mass is 16.7. The SMILES string of the molecule is CC(C)(C)OC(=O)NC(CNC=C1C(=O)OC(C)(C)OC1=O)C(=O)O. The quantitative estimate of drug-likeness (QED) is 0.359. The molecular formula is C15H22N2O8. The molecule has 1 unspecified atom stereocenters. The number of carbonyl (C=O) groups excluding carboxylic acids is 3. The van der Waals surface area contributed by atoms with Gasteiger partial charge in [-0.3, -0.25) is 0 Å². The second-order valence-corrected chi connectivity index (χ2v) is 6.68. The molecule has 0 saturated carbocycles. The van der Waals surface area contributed by atoms with Gasteiger partial charge < -0.3 is 30.0 Å². The van der Waals surface area contributed by atoms with E-state index in [0.29, 0.717) is 0 Å². The molecule has 0 spiro atoms. The van der Waals surface area contributed by atoms with Crippen LogP contribution in [0.25, 0.3) is 0 Å². The zero-order valence-electron chi connectivity index (χ0n) is 14.7. The fourth-order valence-electron chi connectivity index (χ4n) is 1.71. The van der Waals surface area contributed by atoms with Crippen LogP contribution in [-0.2, 0) is 28.6 Å². The van der Waals surface area contributed by atoms with Crippen LogP contribution < -0.4 is 10.6 Å². The van der Waals surface area contributed by atoms with Crippen LogP contribution in [0.5, 0.6) is 0 Å². The molecule has 140 valence electrons. The van der Waals surface area contributed by atoms with Crippen molar-refractivity contribution in [1.29, 1.82) is 0 Å². The number of aliphatic carboxylic acids is 1. The van der Waals surface area contributed by atoms with E-state index in [0.717, 1.165) is 6.20 Å². The fourth-order valence-corrected chi connectivity index (χ4v) is 1.71. The van der Waals surface area contributed by atoms with Crippen molar-refractivity contribution in [3.63, 3.8) is 0 Å². The Labute approximate surface area is 144 Å². The second kappa shape index (κ2) is 7.41. The first-order valence-corrected chi connectivity index (χ1v) is 7.43. The van der Waals surface area contributed by atoms with Gasteiger partial charge in [0.1, 0.15) is 11.6 Å². The number of carboxylic acid groups (broad SMARTS) is 1. The first-order chi connectivity index (χ1) is 11.3. The summed E-state index contributed by atoms with van der Waals surface area (Å²) in [6.07, 6.45) is 0.0691. The van der Waals surface area contributed by atoms with Crippen LogP contribution in [0.1, 0.15) is 34.6 Å². The lowest BCUT2D eigenvalue weighted by Crippen LogP contribution is -2.48. The minimum absolute atomic E-state index is 0.304. The maximum Gasteiger partial charge on any atom is 0.408 e. The van der Waals surface area contributed by atoms with E-state index in [2.05, 4.69) is 10.6 Å². The van der Waals surface area contributed by atoms with Crippen molar-refractivity contribution in [1.82, 2.24) is 10.6 Å². The summed E-state index contributed by atoms with van der Waals surface area (Å²) in [6.45, 7) is 7.39. The molecule has 0 bridgehead atoms. The normalized spacial score (nSPS) is 17.7. The number of nitrogens with one attached hydrogen (secondary N) is 2. The number of ether oxygens (including phenoxy) is 3. The molecule has 0 radical (unpaired) electrons. The summed E-state index contributed by atoms with van der Waals surface area (Å²) >= 11 is 0. The molecule has 1 fully saturated rings. The van der Waals surface area contributed by atoms with Gasteiger partial charge in [-0.15, -0.1) is 0 Å². The molecule has 1 heterocycles. The van der Waals surface area contributed by atoms with Crippen molar-refractivity contribution in [2.24, 2.45) is 0 Å². The number of carbonyl (C=O) groups is 4. The van der Waals surface area contributed by atoms with Gasteiger partial charge in [-0.2, -0.15) is 0 Å². The van der Waals surface area contributed by atoms with Crippen molar-refractivity contribution in [3.8, 4) is 0 Å². The van der Waals surface area contributed by atoms with Crippen LogP contribution in [0, 0.1) is 0 Å². The number of rotatable bonds is 5. The zero-order chi connectivity index (χ0) is 19.4. The molecule has 3 N–H and O–H groups in total. The van der Waals surface area contributed by atoms with E-state index in [1.165, 1.54) is 13.8 Å². The molecule has 0 aromatic heterocycles. The van der Waals surface area contributed by atoms with Crippen LogP contribution in [0.4, 0.5) is 4.79 Å². The van der Waals surface area contributed by atoms with Gasteiger partial charge in [0.25, 0.3) is 5.79 Å². The summed E-state index contributed by atoms with van der Waals surface area (Å²) in [7, 11) is 0. The van der Waals surface area contributed by atoms with Crippen molar-refractivity contribution in [2.75, 3.05) is 6.54 Å². The number of hydrogen-bond acceptors (Lipinski definition) is 8. The molecule has 25 heavy (non-hydrogen) atoms. The molecule has 10 nitrogen and oxygen atoms in total. The van der Waals surface area contributed by atoms with Gasteiger partial charge in [-0.1, -0.05) is 0 Å². The molecule has 1 rings (SSSR count). The second-order valence-electron chi connectivity index (χ2n) is 6.68. The Morgan fingerprint density at radius 1 is 1.24 bits per heavy atom. The van der Waals surface area contributed by atoms with Crippen molar-refractivity contribution >= 4 is 24.0 Å². The lowest BCUT2D eigenvalue weighted by Gasteiger charge is -2.29. The Balaban J connectivity index is 2.66. The predicted molar refractivity (Wildman–Crippen MR) is 83.1 cm³/mol. The third-order valence-electron chi connectivity index (χ3n) is 2.67. The first-order valence-electron chi connectivity index (χ1n) is 7.43. The van der Waals surface area contributed by atoms with Gasteiger partial charge in [-0.25, -0.2) is 19.2 Å². The predicted octanol–water partition coefficient (Wildman–Crippen LogP) is 0.274. The Bertz CT molecular complexity index is 581. The van der Waals surface area contributed by atoms with E-state index in [-0.39, 0.29) is 6.54 Å². The number of alkyl carbamates (subject to hydrolysis) is 1. The minimum atomic E-state index is -1.37. The van der Waals surface area contributed by atoms with Gasteiger partial charge in [0, 0.05) is 26.6 Å². The zero-order valence-corrected chi connectivity index (χ0v) is 14.7. The third-order valence-corrected chi connectivity index (χ3v) is 2.67. The molecule has 0 aliphatic carbocycles. The van der Waals surface area contributed by atoms with Crippen molar-refractivity contribution in [2.45, 2.75) is 52.0 Å². The van der Waals surface area contributed by atoms with E-state index >= 15 is 0 Å². The molecule has 1 amide bonds. The van der Waals surface area contributed by atoms with Gasteiger partial charge in [-0.05, 0) is 20.8 Å². The van der Waals surface area contributed by atoms with Crippen LogP contribution in [0.3, 0.4) is 0 Å². The molecule has 1 aliphatic rings. The number of cyclic esters (lactones) is 2. The first kappa shape index (κ1) is 20.3. The summed E-state index contributed by atoms with van der Waals surface area (Å²) < 4.78 is 14.7. The summed E-state index contributed by atoms with van der Waals surface area (Å²) in [5.74, 6) is -4.50. The standard InChI is InChI=1S/C15H22N2O8/c1-14(2,3)25-13(22)17-9(10(18)19)7-16-6-8-11(20)23-15(4,5)24-12(8)21/h6,9,16H,7H2,1-5H3,(H,17,22)(H,18,19). The van der Waals surface area contributed by atoms with Gasteiger partial charge in [0.2, 0.25) is 0 Å². The Morgan fingerprint density at radius 2 is 1.76 bits per heavy atom. The van der Waals surface area contributed by atoms with Gasteiger partial charge in [0.15, 0.2) is 5.57 Å². The summed E-state index contributed by atoms with van der Waals surface area (Å²) in [6, 6.07) is -1.35. The highest BCUT2D eigenvalue weighted by molar-refractivity contribution is 6.15. The van der Waals surface area contributed by atoms with E-state index in [9.17, 15) is 19.2 Å². The van der Waals surface area contributed by atoms with E-state index < -0.39 is 47.0 Å². The van der Waals surface area contributed by atoms with E-state index in [4.69, 9.17) is 19.3 Å². The van der Waals surface area contributed by atoms with Crippen molar-refractivity contribution < 1.29 is 38.5 Å². The number of amides is 1. The highest BCUT2D eigenvalue weighted by Crippen LogP contribution is 2.21. The maximum absolute atomic E-state index is 11.7. The van der Waals surface area contributed by atoms with Crippen LogP contribution in [-0.4, -0.2) is 53.1 Å². The number of carboxylic acids is 1. The third kappa shape index (κ3) is 6.69. The average Bonchev–Trinajstić information content (AvgIpc) is 2.36. The molecule has 1 saturated heterocycles. The van der Waals surface area contributed by atoms with Crippen LogP contribution >= 0.6 is 0 Å². The number of esters is 2. The highest BCUT2D eigenvalue weighted by Gasteiger charge is 2.39. The molecular weight excluding hydrogens is 336 g/mol. The lowest BCUT2D eigenvalue weighted by atomic mass is 10.2. The lowest BCUT2D eigenvalue weighted by molar-refractivity contribution is -0.222. The average molecular weight is 358 g/mol. The van der Waals surface area contributed by atoms with E-state index in [1.54, 1.807) is 20.8 Å². The minimum Gasteiger partial charge on any atom is -0.480 e. The Kier molecular flexibility index (Phi) is 6.01. The summed E-state index contributed by atoms with van der Waals surface area (Å²) in [4.78, 5) is 46.3. The summed E-state index contributed by atoms with van der Waals surface area (Å²) in [5, 5.41) is 13.8. The molecule has 10 heteroatoms. The monoisotopic (exact) mass is 358 g/mol.